The second-order valence-electron chi connectivity index (χ2n) is 9.70. The summed E-state index contributed by atoms with van der Waals surface area (Å²) in [4.78, 5) is 25.4. The molecule has 0 saturated heterocycles. The summed E-state index contributed by atoms with van der Waals surface area (Å²) < 4.78 is 32.5. The van der Waals surface area contributed by atoms with E-state index in [-0.39, 0.29) is 18.3 Å². The van der Waals surface area contributed by atoms with Gasteiger partial charge in [0.05, 0.1) is 36.9 Å². The van der Waals surface area contributed by atoms with Gasteiger partial charge in [-0.1, -0.05) is 30.7 Å². The van der Waals surface area contributed by atoms with Crippen LogP contribution in [0.15, 0.2) is 55.1 Å². The molecule has 11 nitrogen and oxygen atoms in total. The molecule has 1 fully saturated rings. The highest BCUT2D eigenvalue weighted by molar-refractivity contribution is 7.52. The summed E-state index contributed by atoms with van der Waals surface area (Å²) in [5, 5.41) is 13.8. The van der Waals surface area contributed by atoms with Gasteiger partial charge in [-0.3, -0.25) is 9.32 Å². The highest BCUT2D eigenvalue weighted by Gasteiger charge is 2.52. The molecule has 39 heavy (non-hydrogen) atoms. The van der Waals surface area contributed by atoms with Crippen molar-refractivity contribution in [3.8, 4) is 18.1 Å². The van der Waals surface area contributed by atoms with Crippen LogP contribution < -0.4 is 9.61 Å². The molecule has 0 radical (unpaired) electrons. The maximum atomic E-state index is 14.0. The van der Waals surface area contributed by atoms with Crippen molar-refractivity contribution in [2.45, 2.75) is 58.4 Å². The van der Waals surface area contributed by atoms with E-state index in [4.69, 9.17) is 20.2 Å². The number of aryl methyl sites for hydroxylation is 1. The normalized spacial score (nSPS) is 23.4. The van der Waals surface area contributed by atoms with Crippen LogP contribution in [0.1, 0.15) is 38.9 Å². The zero-order chi connectivity index (χ0) is 28.4. The van der Waals surface area contributed by atoms with Crippen molar-refractivity contribution in [1.29, 1.82) is 0 Å². The summed E-state index contributed by atoms with van der Waals surface area (Å²) in [5.41, 5.74) is 0.965. The Balaban J connectivity index is 1.60. The number of terminal acetylenes is 1. The molecular formula is C27H32N5O6P. The van der Waals surface area contributed by atoms with E-state index in [2.05, 4.69) is 32.5 Å². The number of carbonyl (C=O) groups is 1. The quantitative estimate of drug-likeness (QED) is 0.165. The molecule has 2 aromatic heterocycles. The minimum absolute atomic E-state index is 0.204. The van der Waals surface area contributed by atoms with Crippen molar-refractivity contribution in [3.05, 3.63) is 60.8 Å². The molecule has 2 unspecified atom stereocenters. The van der Waals surface area contributed by atoms with Crippen LogP contribution in [0.3, 0.4) is 0 Å². The Morgan fingerprint density at radius 3 is 2.69 bits per heavy atom. The molecule has 1 aliphatic rings. The minimum atomic E-state index is -4.22. The number of hydrogen-bond donors (Lipinski definition) is 2. The number of aliphatic hydroxyl groups excluding tert-OH is 1. The highest BCUT2D eigenvalue weighted by atomic mass is 31.2. The molecule has 5 atom stereocenters. The van der Waals surface area contributed by atoms with Gasteiger partial charge in [-0.25, -0.2) is 19.5 Å². The van der Waals surface area contributed by atoms with Crippen molar-refractivity contribution < 1.29 is 28.3 Å². The van der Waals surface area contributed by atoms with E-state index >= 15 is 0 Å². The van der Waals surface area contributed by atoms with Crippen molar-refractivity contribution in [3.63, 3.8) is 0 Å². The molecule has 1 saturated carbocycles. The van der Waals surface area contributed by atoms with Crippen LogP contribution in [0, 0.1) is 24.7 Å². The van der Waals surface area contributed by atoms with Gasteiger partial charge in [0.15, 0.2) is 5.65 Å². The lowest BCUT2D eigenvalue weighted by Gasteiger charge is -2.31. The lowest BCUT2D eigenvalue weighted by Crippen LogP contribution is -2.39. The fraction of sp³-hybridized carbons (Fsp3) is 0.407. The van der Waals surface area contributed by atoms with Crippen molar-refractivity contribution in [1.82, 2.24) is 24.6 Å². The number of nitrogens with zero attached hydrogens (tertiary/aromatic N) is 4. The molecule has 1 aromatic carbocycles. The second kappa shape index (κ2) is 11.3. The van der Waals surface area contributed by atoms with Gasteiger partial charge in [0.1, 0.15) is 29.1 Å². The van der Waals surface area contributed by atoms with Crippen LogP contribution in [-0.4, -0.2) is 55.5 Å². The van der Waals surface area contributed by atoms with Gasteiger partial charge < -0.3 is 18.9 Å². The smallest absolute Gasteiger partial charge is 0.459 e. The molecule has 2 heterocycles. The van der Waals surface area contributed by atoms with Gasteiger partial charge in [-0.05, 0) is 51.8 Å². The van der Waals surface area contributed by atoms with E-state index in [9.17, 15) is 14.5 Å². The number of imidazole rings is 1. The maximum absolute atomic E-state index is 14.0. The number of hydrogen-bond acceptors (Lipinski definition) is 9. The summed E-state index contributed by atoms with van der Waals surface area (Å²) in [7, 11) is -4.22. The molecule has 2 N–H and O–H groups in total. The Morgan fingerprint density at radius 1 is 1.31 bits per heavy atom. The van der Waals surface area contributed by atoms with E-state index in [1.807, 2.05) is 6.92 Å². The van der Waals surface area contributed by atoms with E-state index in [0.29, 0.717) is 22.4 Å². The molecule has 1 aliphatic carbocycles. The number of aliphatic hydroxyl groups is 1. The van der Waals surface area contributed by atoms with E-state index in [1.54, 1.807) is 55.1 Å². The Labute approximate surface area is 227 Å². The molecule has 0 spiro atoms. The average molecular weight is 554 g/mol. The minimum Gasteiger partial charge on any atom is -0.462 e. The topological polar surface area (TPSA) is 138 Å². The van der Waals surface area contributed by atoms with Crippen molar-refractivity contribution in [2.24, 2.45) is 5.41 Å². The van der Waals surface area contributed by atoms with Crippen LogP contribution >= 0.6 is 7.75 Å². The van der Waals surface area contributed by atoms with Crippen molar-refractivity contribution >= 4 is 24.9 Å². The monoisotopic (exact) mass is 553 g/mol. The molecule has 206 valence electrons. The number of esters is 1. The molecular weight excluding hydrogens is 521 g/mol. The third kappa shape index (κ3) is 5.75. The van der Waals surface area contributed by atoms with Gasteiger partial charge in [0.2, 0.25) is 0 Å². The van der Waals surface area contributed by atoms with Gasteiger partial charge in [0.25, 0.3) is 0 Å². The molecule has 3 aromatic rings. The van der Waals surface area contributed by atoms with Gasteiger partial charge in [-0.2, -0.15) is 5.09 Å². The lowest BCUT2D eigenvalue weighted by atomic mass is 9.82. The van der Waals surface area contributed by atoms with Gasteiger partial charge in [0, 0.05) is 0 Å². The van der Waals surface area contributed by atoms with Crippen LogP contribution in [-0.2, 0) is 18.6 Å². The van der Waals surface area contributed by atoms with E-state index in [0.717, 1.165) is 0 Å². The van der Waals surface area contributed by atoms with E-state index in [1.165, 1.54) is 13.3 Å². The highest BCUT2D eigenvalue weighted by Crippen LogP contribution is 2.53. The van der Waals surface area contributed by atoms with Gasteiger partial charge >= 0.3 is 13.7 Å². The molecule has 12 heteroatoms. The van der Waals surface area contributed by atoms with Crippen LogP contribution in [0.2, 0.25) is 0 Å². The first-order valence-corrected chi connectivity index (χ1v) is 14.0. The first-order chi connectivity index (χ1) is 18.5. The fourth-order valence-electron chi connectivity index (χ4n) is 4.49. The summed E-state index contributed by atoms with van der Waals surface area (Å²) in [6, 6.07) is 6.88. The summed E-state index contributed by atoms with van der Waals surface area (Å²) in [6.45, 7) is 10.5. The Bertz CT molecular complexity index is 1450. The molecule has 0 amide bonds. The second-order valence-corrected chi connectivity index (χ2v) is 11.4. The van der Waals surface area contributed by atoms with Gasteiger partial charge in [-0.15, -0.1) is 6.42 Å². The third-order valence-corrected chi connectivity index (χ3v) is 8.24. The number of fused-ring (bicyclic) bond motifs is 1. The number of ether oxygens (including phenoxy) is 1. The number of carbonyl (C=O) groups excluding carboxylic acids is 1. The predicted molar refractivity (Wildman–Crippen MR) is 145 cm³/mol. The first-order valence-electron chi connectivity index (χ1n) is 12.5. The predicted octanol–water partition coefficient (Wildman–Crippen LogP) is 3.75. The average Bonchev–Trinajstić information content (AvgIpc) is 3.42. The van der Waals surface area contributed by atoms with Crippen LogP contribution in [0.4, 0.5) is 0 Å². The van der Waals surface area contributed by atoms with Crippen molar-refractivity contribution in [2.75, 3.05) is 6.61 Å². The largest absolute Gasteiger partial charge is 0.462 e. The Hall–Kier alpha value is -3.55. The summed E-state index contributed by atoms with van der Waals surface area (Å²) in [6.07, 6.45) is 7.75. The Morgan fingerprint density at radius 2 is 2.03 bits per heavy atom. The summed E-state index contributed by atoms with van der Waals surface area (Å²) in [5.74, 6) is 2.24. The zero-order valence-electron chi connectivity index (χ0n) is 22.3. The summed E-state index contributed by atoms with van der Waals surface area (Å²) >= 11 is 0. The fourth-order valence-corrected chi connectivity index (χ4v) is 6.02. The maximum Gasteiger partial charge on any atom is 0.459 e. The van der Waals surface area contributed by atoms with Crippen LogP contribution in [0.25, 0.3) is 11.2 Å². The number of aromatic nitrogens is 4. The molecule has 4 rings (SSSR count). The number of para-hydroxylation sites is 1. The molecule has 0 aliphatic heterocycles. The number of rotatable bonds is 10. The standard InChI is InChI=1S/C27H32N5O6P/c1-7-27(18(4)22(13-23(27)33)32-16-30-24-19(5)28-15-29-25(24)32)14-36-39(35,38-21-11-9-8-10-12-21)31-20(6)26(34)37-17(2)3/h1,8-12,15-17,20,22-23,33H,4,13-14H2,2-3,5-6H3,(H,31,35)/t20?,22-,23-,27-,39?/m0/s1. The number of nitrogens with one attached hydrogen (secondary N) is 1. The SMILES string of the molecule is C#C[C@]1(COP(=O)(NC(C)C(=O)OC(C)C)Oc2ccccc2)C(=C)[C@@H](n2cnc3c(C)ncnc32)C[C@@H]1O. The van der Waals surface area contributed by atoms with E-state index < -0.39 is 43.9 Å². The number of benzene rings is 1. The first kappa shape index (κ1) is 28.5. The van der Waals surface area contributed by atoms with Crippen LogP contribution in [0.5, 0.6) is 5.75 Å². The third-order valence-electron chi connectivity index (χ3n) is 6.61. The Kier molecular flexibility index (Phi) is 8.23. The molecule has 0 bridgehead atoms. The lowest BCUT2D eigenvalue weighted by molar-refractivity contribution is -0.149. The zero-order valence-corrected chi connectivity index (χ0v) is 23.2.